The van der Waals surface area contributed by atoms with Crippen LogP contribution in [0.15, 0.2) is 18.2 Å². The lowest BCUT2D eigenvalue weighted by atomic mass is 10.0. The summed E-state index contributed by atoms with van der Waals surface area (Å²) in [4.78, 5) is 0. The molecule has 1 rings (SSSR count). The SMILES string of the molecule is Cc1cccc(C)c1CNCCCCBr. The zero-order valence-electron chi connectivity index (χ0n) is 9.65. The molecule has 15 heavy (non-hydrogen) atoms. The third kappa shape index (κ3) is 4.35. The minimum absolute atomic E-state index is 1.00. The number of hydrogen-bond donors (Lipinski definition) is 1. The normalized spacial score (nSPS) is 10.6. The molecule has 0 aromatic heterocycles. The average molecular weight is 270 g/mol. The largest absolute Gasteiger partial charge is 0.313 e. The first-order chi connectivity index (χ1) is 7.25. The monoisotopic (exact) mass is 269 g/mol. The van der Waals surface area contributed by atoms with E-state index < -0.39 is 0 Å². The van der Waals surface area contributed by atoms with Crippen molar-refractivity contribution in [2.75, 3.05) is 11.9 Å². The van der Waals surface area contributed by atoms with Crippen LogP contribution in [0.3, 0.4) is 0 Å². The second-order valence-corrected chi connectivity index (χ2v) is 4.74. The van der Waals surface area contributed by atoms with Crippen molar-refractivity contribution in [3.05, 3.63) is 34.9 Å². The van der Waals surface area contributed by atoms with Crippen LogP contribution in [0.25, 0.3) is 0 Å². The minimum atomic E-state index is 1.00. The fourth-order valence-electron chi connectivity index (χ4n) is 1.69. The number of hydrogen-bond acceptors (Lipinski definition) is 1. The highest BCUT2D eigenvalue weighted by molar-refractivity contribution is 9.09. The minimum Gasteiger partial charge on any atom is -0.313 e. The van der Waals surface area contributed by atoms with Crippen molar-refractivity contribution < 1.29 is 0 Å². The summed E-state index contributed by atoms with van der Waals surface area (Å²) >= 11 is 3.44. The van der Waals surface area contributed by atoms with Crippen molar-refractivity contribution in [1.29, 1.82) is 0 Å². The summed E-state index contributed by atoms with van der Waals surface area (Å²) in [6.45, 7) is 6.48. The van der Waals surface area contributed by atoms with Crippen LogP contribution >= 0.6 is 15.9 Å². The van der Waals surface area contributed by atoms with E-state index in [1.54, 1.807) is 0 Å². The van der Waals surface area contributed by atoms with Gasteiger partial charge in [-0.25, -0.2) is 0 Å². The molecule has 0 heterocycles. The van der Waals surface area contributed by atoms with Crippen LogP contribution in [-0.4, -0.2) is 11.9 Å². The van der Waals surface area contributed by atoms with E-state index >= 15 is 0 Å². The van der Waals surface area contributed by atoms with E-state index in [2.05, 4.69) is 53.3 Å². The Morgan fingerprint density at radius 2 is 1.80 bits per heavy atom. The second kappa shape index (κ2) is 7.02. The number of nitrogens with one attached hydrogen (secondary N) is 1. The highest BCUT2D eigenvalue weighted by atomic mass is 79.9. The van der Waals surface area contributed by atoms with Crippen molar-refractivity contribution in [2.45, 2.75) is 33.2 Å². The van der Waals surface area contributed by atoms with Gasteiger partial charge >= 0.3 is 0 Å². The molecule has 1 N–H and O–H groups in total. The number of aryl methyl sites for hydroxylation is 2. The predicted octanol–water partition coefficient (Wildman–Crippen LogP) is 3.57. The third-order valence-electron chi connectivity index (χ3n) is 2.68. The van der Waals surface area contributed by atoms with Crippen LogP contribution in [-0.2, 0) is 6.54 Å². The molecule has 0 fully saturated rings. The van der Waals surface area contributed by atoms with E-state index in [-0.39, 0.29) is 0 Å². The van der Waals surface area contributed by atoms with Gasteiger partial charge in [-0.15, -0.1) is 0 Å². The van der Waals surface area contributed by atoms with E-state index in [0.29, 0.717) is 0 Å². The van der Waals surface area contributed by atoms with Crippen LogP contribution in [0.4, 0.5) is 0 Å². The summed E-state index contributed by atoms with van der Waals surface area (Å²) in [5.41, 5.74) is 4.24. The molecule has 1 aromatic carbocycles. The Balaban J connectivity index is 2.37. The number of alkyl halides is 1. The van der Waals surface area contributed by atoms with Gasteiger partial charge in [0.2, 0.25) is 0 Å². The summed E-state index contributed by atoms with van der Waals surface area (Å²) in [6, 6.07) is 6.49. The molecule has 0 aliphatic rings. The zero-order chi connectivity index (χ0) is 11.1. The van der Waals surface area contributed by atoms with Gasteiger partial charge in [-0.2, -0.15) is 0 Å². The molecule has 2 heteroatoms. The van der Waals surface area contributed by atoms with E-state index in [1.165, 1.54) is 29.5 Å². The Labute approximate surface area is 101 Å². The van der Waals surface area contributed by atoms with E-state index in [1.807, 2.05) is 0 Å². The van der Waals surface area contributed by atoms with Crippen LogP contribution in [0.1, 0.15) is 29.5 Å². The topological polar surface area (TPSA) is 12.0 Å². The van der Waals surface area contributed by atoms with Crippen molar-refractivity contribution in [3.63, 3.8) is 0 Å². The zero-order valence-corrected chi connectivity index (χ0v) is 11.2. The molecule has 84 valence electrons. The van der Waals surface area contributed by atoms with Gasteiger partial charge in [0.05, 0.1) is 0 Å². The summed E-state index contributed by atoms with van der Waals surface area (Å²) in [6.07, 6.45) is 2.50. The molecule has 0 radical (unpaired) electrons. The Morgan fingerprint density at radius 3 is 2.40 bits per heavy atom. The Hall–Kier alpha value is -0.340. The van der Waals surface area contributed by atoms with Gasteiger partial charge in [0.15, 0.2) is 0 Å². The molecule has 0 unspecified atom stereocenters. The molecule has 1 nitrogen and oxygen atoms in total. The first-order valence-corrected chi connectivity index (χ1v) is 6.69. The van der Waals surface area contributed by atoms with Crippen LogP contribution in [0.5, 0.6) is 0 Å². The fourth-order valence-corrected chi connectivity index (χ4v) is 2.08. The lowest BCUT2D eigenvalue weighted by molar-refractivity contribution is 0.641. The number of unbranched alkanes of at least 4 members (excludes halogenated alkanes) is 1. The molecule has 0 bridgehead atoms. The van der Waals surface area contributed by atoms with Gasteiger partial charge in [-0.3, -0.25) is 0 Å². The highest BCUT2D eigenvalue weighted by Gasteiger charge is 2.00. The van der Waals surface area contributed by atoms with E-state index in [0.717, 1.165) is 18.4 Å². The summed E-state index contributed by atoms with van der Waals surface area (Å²) < 4.78 is 0. The smallest absolute Gasteiger partial charge is 0.0210 e. The molecule has 0 saturated heterocycles. The molecule has 0 amide bonds. The predicted molar refractivity (Wildman–Crippen MR) is 70.7 cm³/mol. The number of benzene rings is 1. The van der Waals surface area contributed by atoms with Crippen molar-refractivity contribution in [1.82, 2.24) is 5.32 Å². The van der Waals surface area contributed by atoms with Gasteiger partial charge in [-0.1, -0.05) is 34.1 Å². The maximum atomic E-state index is 3.50. The maximum absolute atomic E-state index is 3.50. The summed E-state index contributed by atoms with van der Waals surface area (Å²) in [7, 11) is 0. The number of rotatable bonds is 6. The fraction of sp³-hybridized carbons (Fsp3) is 0.538. The van der Waals surface area contributed by atoms with Gasteiger partial charge < -0.3 is 5.32 Å². The Kier molecular flexibility index (Phi) is 5.96. The van der Waals surface area contributed by atoms with Gasteiger partial charge in [-0.05, 0) is 49.9 Å². The summed E-state index contributed by atoms with van der Waals surface area (Å²) in [5.74, 6) is 0. The quantitative estimate of drug-likeness (QED) is 0.615. The highest BCUT2D eigenvalue weighted by Crippen LogP contribution is 2.12. The molecule has 0 saturated carbocycles. The average Bonchev–Trinajstić information content (AvgIpc) is 2.21. The second-order valence-electron chi connectivity index (χ2n) is 3.94. The molecular formula is C13H20BrN. The summed E-state index contributed by atoms with van der Waals surface area (Å²) in [5, 5.41) is 4.61. The molecule has 1 aromatic rings. The van der Waals surface area contributed by atoms with E-state index in [9.17, 15) is 0 Å². The molecule has 0 spiro atoms. The molecular weight excluding hydrogens is 250 g/mol. The standard InChI is InChI=1S/C13H20BrN/c1-11-6-5-7-12(2)13(11)10-15-9-4-3-8-14/h5-7,15H,3-4,8-10H2,1-2H3. The van der Waals surface area contributed by atoms with Gasteiger partial charge in [0, 0.05) is 11.9 Å². The Morgan fingerprint density at radius 1 is 1.13 bits per heavy atom. The lowest BCUT2D eigenvalue weighted by Gasteiger charge is -2.10. The lowest BCUT2D eigenvalue weighted by Crippen LogP contribution is -2.16. The third-order valence-corrected chi connectivity index (χ3v) is 3.24. The van der Waals surface area contributed by atoms with Crippen LogP contribution < -0.4 is 5.32 Å². The number of halogens is 1. The molecule has 0 aliphatic carbocycles. The Bertz CT molecular complexity index is 276. The van der Waals surface area contributed by atoms with Crippen LogP contribution in [0.2, 0.25) is 0 Å². The van der Waals surface area contributed by atoms with Crippen molar-refractivity contribution in [2.24, 2.45) is 0 Å². The molecule has 0 aliphatic heterocycles. The van der Waals surface area contributed by atoms with Crippen LogP contribution in [0, 0.1) is 13.8 Å². The molecule has 0 atom stereocenters. The van der Waals surface area contributed by atoms with Gasteiger partial charge in [0.25, 0.3) is 0 Å². The van der Waals surface area contributed by atoms with E-state index in [4.69, 9.17) is 0 Å². The first kappa shape index (κ1) is 12.7. The van der Waals surface area contributed by atoms with Crippen molar-refractivity contribution in [3.8, 4) is 0 Å². The van der Waals surface area contributed by atoms with Gasteiger partial charge in [0.1, 0.15) is 0 Å². The maximum Gasteiger partial charge on any atom is 0.0210 e. The van der Waals surface area contributed by atoms with Crippen molar-refractivity contribution >= 4 is 15.9 Å². The first-order valence-electron chi connectivity index (χ1n) is 5.57.